The van der Waals surface area contributed by atoms with E-state index in [2.05, 4.69) is 10.5 Å². The number of rotatable bonds is 4. The highest BCUT2D eigenvalue weighted by molar-refractivity contribution is 5.92. The van der Waals surface area contributed by atoms with Crippen LogP contribution in [0.3, 0.4) is 0 Å². The van der Waals surface area contributed by atoms with Crippen LogP contribution in [0.2, 0.25) is 0 Å². The van der Waals surface area contributed by atoms with Gasteiger partial charge in [0, 0.05) is 20.0 Å². The van der Waals surface area contributed by atoms with E-state index >= 15 is 0 Å². The predicted octanol–water partition coefficient (Wildman–Crippen LogP) is 0.695. The lowest BCUT2D eigenvalue weighted by atomic mass is 10.2. The fourth-order valence-corrected chi connectivity index (χ4v) is 2.55. The number of ether oxygens (including phenoxy) is 1. The second-order valence-electron chi connectivity index (χ2n) is 5.42. The molecule has 2 heterocycles. The average molecular weight is 334 g/mol. The lowest BCUT2D eigenvalue weighted by molar-refractivity contribution is -0.119. The molecule has 1 atom stereocenters. The summed E-state index contributed by atoms with van der Waals surface area (Å²) in [5.41, 5.74) is 2.36. The summed E-state index contributed by atoms with van der Waals surface area (Å²) in [6.07, 6.45) is -0.841. The van der Waals surface area contributed by atoms with Crippen LogP contribution in [0, 0.1) is 0 Å². The van der Waals surface area contributed by atoms with Gasteiger partial charge in [0.25, 0.3) is 0 Å². The normalized spacial score (nSPS) is 18.1. The summed E-state index contributed by atoms with van der Waals surface area (Å²) < 4.78 is 12.6. The number of anilines is 1. The number of hydrogen-bond acceptors (Lipinski definition) is 6. The molecule has 1 fully saturated rings. The Morgan fingerprint density at radius 2 is 2.29 bits per heavy atom. The fourth-order valence-electron chi connectivity index (χ4n) is 2.55. The highest BCUT2D eigenvalue weighted by Crippen LogP contribution is 2.25. The highest BCUT2D eigenvalue weighted by atomic mass is 16.6. The number of carbonyl (C=O) groups excluding carboxylic acids is 2. The molecule has 2 amide bonds. The van der Waals surface area contributed by atoms with Crippen molar-refractivity contribution in [1.82, 2.24) is 9.88 Å². The molecule has 9 nitrogen and oxygen atoms in total. The first-order valence-electron chi connectivity index (χ1n) is 7.39. The molecule has 9 heteroatoms. The number of fused-ring (bicyclic) bond motifs is 1. The third kappa shape index (κ3) is 2.92. The van der Waals surface area contributed by atoms with Crippen LogP contribution in [0.25, 0.3) is 11.1 Å². The van der Waals surface area contributed by atoms with E-state index in [-0.39, 0.29) is 18.6 Å². The first-order chi connectivity index (χ1) is 11.5. The van der Waals surface area contributed by atoms with Gasteiger partial charge in [-0.1, -0.05) is 0 Å². The molecule has 0 spiro atoms. The van der Waals surface area contributed by atoms with Crippen LogP contribution in [-0.2, 0) is 21.4 Å². The summed E-state index contributed by atoms with van der Waals surface area (Å²) >= 11 is 0. The average Bonchev–Trinajstić information content (AvgIpc) is 3.06. The van der Waals surface area contributed by atoms with E-state index in [4.69, 9.17) is 14.0 Å². The van der Waals surface area contributed by atoms with E-state index in [1.165, 1.54) is 18.9 Å². The second-order valence-corrected chi connectivity index (χ2v) is 5.42. The van der Waals surface area contributed by atoms with Gasteiger partial charge in [0.1, 0.15) is 13.2 Å². The maximum Gasteiger partial charge on any atom is 0.414 e. The van der Waals surface area contributed by atoms with Crippen LogP contribution in [0.4, 0.5) is 10.5 Å². The number of nitrogens with one attached hydrogen (secondary N) is 1. The largest absolute Gasteiger partial charge is 0.442 e. The first-order valence-corrected chi connectivity index (χ1v) is 7.39. The van der Waals surface area contributed by atoms with Gasteiger partial charge in [-0.2, -0.15) is 0 Å². The molecule has 0 radical (unpaired) electrons. The Balaban J connectivity index is 1.86. The zero-order valence-electron chi connectivity index (χ0n) is 13.6. The Hall–Kier alpha value is -2.97. The Morgan fingerprint density at radius 1 is 1.50 bits per heavy atom. The zero-order chi connectivity index (χ0) is 17.3. The van der Waals surface area contributed by atoms with E-state index in [0.29, 0.717) is 23.5 Å². The summed E-state index contributed by atoms with van der Waals surface area (Å²) in [6.45, 7) is 2.06. The summed E-state index contributed by atoms with van der Waals surface area (Å²) in [6, 6.07) is 5.37. The van der Waals surface area contributed by atoms with Crippen molar-refractivity contribution in [2.45, 2.75) is 13.0 Å². The van der Waals surface area contributed by atoms with Crippen molar-refractivity contribution in [2.24, 2.45) is 12.2 Å². The van der Waals surface area contributed by atoms with Crippen LogP contribution in [-0.4, -0.2) is 42.9 Å². The molecule has 0 aliphatic carbocycles. The van der Waals surface area contributed by atoms with Gasteiger partial charge < -0.3 is 19.3 Å². The number of aromatic nitrogens is 1. The summed E-state index contributed by atoms with van der Waals surface area (Å²) in [7, 11) is 3.24. The van der Waals surface area contributed by atoms with Crippen molar-refractivity contribution < 1.29 is 23.6 Å². The fraction of sp³-hybridized carbons (Fsp3) is 0.400. The molecule has 1 aromatic heterocycles. The van der Waals surface area contributed by atoms with Gasteiger partial charge in [-0.25, -0.2) is 4.79 Å². The monoisotopic (exact) mass is 334 g/mol. The predicted molar refractivity (Wildman–Crippen MR) is 84.1 cm³/mol. The van der Waals surface area contributed by atoms with Gasteiger partial charge in [-0.3, -0.25) is 14.3 Å². The van der Waals surface area contributed by atoms with E-state index in [1.54, 1.807) is 23.7 Å². The van der Waals surface area contributed by atoms with E-state index in [1.807, 2.05) is 6.07 Å². The number of aryl methyl sites for hydroxylation is 1. The van der Waals surface area contributed by atoms with Gasteiger partial charge >= 0.3 is 11.8 Å². The van der Waals surface area contributed by atoms with Gasteiger partial charge in [-0.15, -0.1) is 0 Å². The van der Waals surface area contributed by atoms with Crippen molar-refractivity contribution in [3.8, 4) is 0 Å². The molecular weight excluding hydrogens is 316 g/mol. The van der Waals surface area contributed by atoms with Gasteiger partial charge in [0.2, 0.25) is 5.91 Å². The molecule has 0 unspecified atom stereocenters. The van der Waals surface area contributed by atoms with Gasteiger partial charge in [0.15, 0.2) is 5.58 Å². The molecule has 2 aromatic rings. The SMILES string of the molecule is CO/N=c1/oc2cc(N3C[C@H](CNC(C)=O)OC3=O)ccc2n1C. The third-order valence-corrected chi connectivity index (χ3v) is 3.73. The van der Waals surface area contributed by atoms with Crippen LogP contribution in [0.5, 0.6) is 0 Å². The topological polar surface area (TPSA) is 98.3 Å². The first kappa shape index (κ1) is 15.9. The lowest BCUT2D eigenvalue weighted by Crippen LogP contribution is -2.33. The van der Waals surface area contributed by atoms with Crippen molar-refractivity contribution in [1.29, 1.82) is 0 Å². The number of cyclic esters (lactones) is 1. The van der Waals surface area contributed by atoms with Crippen molar-refractivity contribution in [2.75, 3.05) is 25.1 Å². The van der Waals surface area contributed by atoms with Gasteiger partial charge in [-0.05, 0) is 17.3 Å². The van der Waals surface area contributed by atoms with Crippen molar-refractivity contribution in [3.63, 3.8) is 0 Å². The molecular formula is C15H18N4O5. The molecule has 128 valence electrons. The molecule has 1 aromatic carbocycles. The quantitative estimate of drug-likeness (QED) is 0.830. The second kappa shape index (κ2) is 6.26. The third-order valence-electron chi connectivity index (χ3n) is 3.73. The van der Waals surface area contributed by atoms with Crippen molar-refractivity contribution in [3.05, 3.63) is 23.9 Å². The highest BCUT2D eigenvalue weighted by Gasteiger charge is 2.32. The minimum atomic E-state index is -0.456. The molecule has 1 N–H and O–H groups in total. The van der Waals surface area contributed by atoms with E-state index < -0.39 is 6.09 Å². The summed E-state index contributed by atoms with van der Waals surface area (Å²) in [5, 5.41) is 6.43. The van der Waals surface area contributed by atoms with Crippen LogP contribution in [0.15, 0.2) is 27.8 Å². The molecule has 24 heavy (non-hydrogen) atoms. The number of benzene rings is 1. The molecule has 3 rings (SSSR count). The minimum Gasteiger partial charge on any atom is -0.442 e. The van der Waals surface area contributed by atoms with Crippen LogP contribution >= 0.6 is 0 Å². The Kier molecular flexibility index (Phi) is 4.15. The maximum atomic E-state index is 12.1. The minimum absolute atomic E-state index is 0.163. The summed E-state index contributed by atoms with van der Waals surface area (Å²) in [5.74, 6) is -0.163. The molecule has 1 aliphatic rings. The molecule has 0 bridgehead atoms. The number of amides is 2. The molecule has 1 saturated heterocycles. The Morgan fingerprint density at radius 3 is 3.00 bits per heavy atom. The number of hydrogen-bond donors (Lipinski definition) is 1. The van der Waals surface area contributed by atoms with Crippen LogP contribution < -0.4 is 15.9 Å². The Labute approximate surface area is 137 Å². The van der Waals surface area contributed by atoms with Gasteiger partial charge in [0.05, 0.1) is 24.3 Å². The molecule has 0 saturated carbocycles. The number of oxazole rings is 1. The summed E-state index contributed by atoms with van der Waals surface area (Å²) in [4.78, 5) is 29.3. The standard InChI is InChI=1S/C15H18N4O5/c1-9(20)16-7-11-8-19(15(21)23-11)10-4-5-12-13(6-10)24-14(17-22-3)18(12)2/h4-6,11H,7-8H2,1-3H3,(H,16,20)/b17-14+/t11-/m0/s1. The number of carbonyl (C=O) groups is 2. The molecule has 1 aliphatic heterocycles. The van der Waals surface area contributed by atoms with E-state index in [9.17, 15) is 9.59 Å². The maximum absolute atomic E-state index is 12.1. The van der Waals surface area contributed by atoms with E-state index in [0.717, 1.165) is 5.52 Å². The Bertz CT molecular complexity index is 853. The lowest BCUT2D eigenvalue weighted by Gasteiger charge is -2.12. The zero-order valence-corrected chi connectivity index (χ0v) is 13.6. The van der Waals surface area contributed by atoms with Crippen LogP contribution in [0.1, 0.15) is 6.92 Å². The smallest absolute Gasteiger partial charge is 0.414 e. The number of nitrogens with zero attached hydrogens (tertiary/aromatic N) is 3. The van der Waals surface area contributed by atoms with Crippen molar-refractivity contribution >= 4 is 28.8 Å².